The molecule has 1 saturated heterocycles. The van der Waals surface area contributed by atoms with Gasteiger partial charge in [0.25, 0.3) is 0 Å². The van der Waals surface area contributed by atoms with Crippen molar-refractivity contribution < 1.29 is 57.5 Å². The van der Waals surface area contributed by atoms with Gasteiger partial charge in [0.1, 0.15) is 37.1 Å². The third-order valence-electron chi connectivity index (χ3n) is 9.96. The van der Waals surface area contributed by atoms with Crippen LogP contribution < -0.4 is 0 Å². The number of aliphatic hydroxyl groups excluding tert-OH is 1. The number of aliphatic hydroxyl groups is 1. The number of fused-ring (bicyclic) bond motifs is 2. The van der Waals surface area contributed by atoms with Gasteiger partial charge in [-0.15, -0.1) is 0 Å². The average Bonchev–Trinajstić information content (AvgIpc) is 3.60. The van der Waals surface area contributed by atoms with E-state index < -0.39 is 76.6 Å². The molecule has 2 heterocycles. The fourth-order valence-electron chi connectivity index (χ4n) is 7.73. The van der Waals surface area contributed by atoms with Gasteiger partial charge in [0.2, 0.25) is 0 Å². The van der Waals surface area contributed by atoms with E-state index in [0.29, 0.717) is 19.3 Å². The average molecular weight is 607 g/mol. The Labute approximate surface area is 251 Å². The first-order valence-corrected chi connectivity index (χ1v) is 14.6. The van der Waals surface area contributed by atoms with E-state index in [4.69, 9.17) is 28.4 Å². The van der Waals surface area contributed by atoms with Crippen molar-refractivity contribution in [2.24, 2.45) is 22.7 Å². The Morgan fingerprint density at radius 1 is 1.07 bits per heavy atom. The zero-order valence-electron chi connectivity index (χ0n) is 25.6. The van der Waals surface area contributed by atoms with Crippen molar-refractivity contribution in [3.63, 3.8) is 0 Å². The Bertz CT molecular complexity index is 1220. The fraction of sp³-hybridized carbons (Fsp3) is 0.710. The molecule has 2 saturated carbocycles. The molecule has 4 rings (SSSR count). The molecule has 0 radical (unpaired) electrons. The van der Waals surface area contributed by atoms with Gasteiger partial charge in [-0.3, -0.25) is 14.4 Å². The summed E-state index contributed by atoms with van der Waals surface area (Å²) in [5.74, 6) is -3.71. The molecule has 43 heavy (non-hydrogen) atoms. The molecule has 9 atom stereocenters. The van der Waals surface area contributed by atoms with Crippen LogP contribution in [0, 0.1) is 22.7 Å². The molecule has 0 aromatic heterocycles. The molecule has 238 valence electrons. The Morgan fingerprint density at radius 3 is 2.19 bits per heavy atom. The van der Waals surface area contributed by atoms with E-state index in [1.807, 2.05) is 6.92 Å². The molecule has 0 aromatic rings. The smallest absolute Gasteiger partial charge is 0.336 e. The van der Waals surface area contributed by atoms with Crippen molar-refractivity contribution >= 4 is 29.8 Å². The molecule has 3 fully saturated rings. The molecular weight excluding hydrogens is 564 g/mol. The summed E-state index contributed by atoms with van der Waals surface area (Å²) in [5, 5.41) is 9.99. The number of ether oxygens (including phenoxy) is 6. The highest BCUT2D eigenvalue weighted by molar-refractivity contribution is 5.88. The van der Waals surface area contributed by atoms with Crippen LogP contribution in [0.1, 0.15) is 67.2 Å². The van der Waals surface area contributed by atoms with Crippen LogP contribution in [0.3, 0.4) is 0 Å². The Balaban J connectivity index is 1.91. The van der Waals surface area contributed by atoms with Crippen LogP contribution in [-0.2, 0) is 52.4 Å². The molecular formula is C31H42O12. The summed E-state index contributed by atoms with van der Waals surface area (Å²) < 4.78 is 34.9. The van der Waals surface area contributed by atoms with Gasteiger partial charge < -0.3 is 33.5 Å². The lowest BCUT2D eigenvalue weighted by atomic mass is 9.41. The van der Waals surface area contributed by atoms with E-state index in [1.54, 1.807) is 0 Å². The van der Waals surface area contributed by atoms with Crippen LogP contribution in [0.5, 0.6) is 0 Å². The maximum Gasteiger partial charge on any atom is 0.336 e. The van der Waals surface area contributed by atoms with E-state index in [0.717, 1.165) is 5.57 Å². The SMILES string of the molecule is C=C(C(=O)OC[C@@]12[C@@H](OC(C)=O)CC(C)[C@](C)(CCC3=CC(=O)OC3)[C@H]1[C@@H](OC(C)=O)C[C@H](OC(C)=O)C21CO1)C(C)O. The highest BCUT2D eigenvalue weighted by atomic mass is 16.6. The van der Waals surface area contributed by atoms with Gasteiger partial charge in [-0.2, -0.15) is 0 Å². The van der Waals surface area contributed by atoms with Crippen molar-refractivity contribution in [2.75, 3.05) is 19.8 Å². The number of cyclic esters (lactones) is 1. The van der Waals surface area contributed by atoms with Gasteiger partial charge in [-0.1, -0.05) is 20.4 Å². The molecule has 4 aliphatic rings. The lowest BCUT2D eigenvalue weighted by molar-refractivity contribution is -0.275. The second kappa shape index (κ2) is 12.0. The van der Waals surface area contributed by atoms with Crippen molar-refractivity contribution in [1.82, 2.24) is 0 Å². The number of hydrogen-bond acceptors (Lipinski definition) is 12. The zero-order chi connectivity index (χ0) is 31.9. The van der Waals surface area contributed by atoms with Crippen LogP contribution in [0.15, 0.2) is 23.8 Å². The molecule has 1 N–H and O–H groups in total. The highest BCUT2D eigenvalue weighted by Gasteiger charge is 2.81. The van der Waals surface area contributed by atoms with E-state index in [-0.39, 0.29) is 37.7 Å². The van der Waals surface area contributed by atoms with E-state index in [1.165, 1.54) is 33.8 Å². The van der Waals surface area contributed by atoms with Gasteiger partial charge in [-0.25, -0.2) is 9.59 Å². The molecule has 3 unspecified atom stereocenters. The lowest BCUT2D eigenvalue weighted by Gasteiger charge is -2.65. The fourth-order valence-corrected chi connectivity index (χ4v) is 7.73. The largest absolute Gasteiger partial charge is 0.462 e. The van der Waals surface area contributed by atoms with Gasteiger partial charge in [0.15, 0.2) is 0 Å². The van der Waals surface area contributed by atoms with Crippen LogP contribution in [-0.4, -0.2) is 84.8 Å². The maximum absolute atomic E-state index is 13.1. The molecule has 12 heteroatoms. The predicted octanol–water partition coefficient (Wildman–Crippen LogP) is 2.35. The molecule has 0 aromatic carbocycles. The van der Waals surface area contributed by atoms with Gasteiger partial charge in [-0.05, 0) is 43.1 Å². The minimum Gasteiger partial charge on any atom is -0.462 e. The third kappa shape index (κ3) is 5.95. The number of esters is 5. The van der Waals surface area contributed by atoms with Crippen LogP contribution >= 0.6 is 0 Å². The number of rotatable bonds is 10. The summed E-state index contributed by atoms with van der Waals surface area (Å²) in [6, 6.07) is 0. The first-order chi connectivity index (χ1) is 20.1. The molecule has 12 nitrogen and oxygen atoms in total. The Hall–Kier alpha value is -3.25. The van der Waals surface area contributed by atoms with Crippen LogP contribution in [0.25, 0.3) is 0 Å². The number of epoxide rings is 1. The Morgan fingerprint density at radius 2 is 1.67 bits per heavy atom. The van der Waals surface area contributed by atoms with Crippen molar-refractivity contribution in [3.8, 4) is 0 Å². The van der Waals surface area contributed by atoms with E-state index in [2.05, 4.69) is 13.5 Å². The second-order valence-corrected chi connectivity index (χ2v) is 12.6. The second-order valence-electron chi connectivity index (χ2n) is 12.6. The normalized spacial score (nSPS) is 36.9. The molecule has 2 aliphatic heterocycles. The predicted molar refractivity (Wildman–Crippen MR) is 148 cm³/mol. The highest BCUT2D eigenvalue weighted by Crippen LogP contribution is 2.70. The van der Waals surface area contributed by atoms with Gasteiger partial charge in [0.05, 0.1) is 23.7 Å². The van der Waals surface area contributed by atoms with E-state index >= 15 is 0 Å². The molecule has 0 amide bonds. The first-order valence-electron chi connectivity index (χ1n) is 14.6. The number of hydrogen-bond donors (Lipinski definition) is 1. The minimum atomic E-state index is -1.34. The summed E-state index contributed by atoms with van der Waals surface area (Å²) in [7, 11) is 0. The monoisotopic (exact) mass is 606 g/mol. The quantitative estimate of drug-likeness (QED) is 0.167. The van der Waals surface area contributed by atoms with Gasteiger partial charge in [0, 0.05) is 39.2 Å². The standard InChI is InChI=1S/C31H42O12/c1-16-10-24(42-20(5)34)30(14-39-28(37)17(2)18(3)32)27(29(16,7)9-8-22-11-26(36)38-13-22)23(41-19(4)33)12-25(43-21(6)35)31(30)15-40-31/h11,16,18,23-25,27,32H,2,8-10,12-15H2,1,3-7H3/t16?,18?,23-,24-,25-,27+,29-,30+,31?/m0/s1. The van der Waals surface area contributed by atoms with Crippen molar-refractivity contribution in [3.05, 3.63) is 23.8 Å². The zero-order valence-corrected chi connectivity index (χ0v) is 25.6. The lowest BCUT2D eigenvalue weighted by Crippen LogP contribution is -2.74. The van der Waals surface area contributed by atoms with Crippen molar-refractivity contribution in [2.45, 2.75) is 97.2 Å². The van der Waals surface area contributed by atoms with Crippen molar-refractivity contribution in [1.29, 1.82) is 0 Å². The number of carbonyl (C=O) groups is 5. The molecule has 1 spiro atoms. The number of carbonyl (C=O) groups excluding carboxylic acids is 5. The van der Waals surface area contributed by atoms with Crippen LogP contribution in [0.4, 0.5) is 0 Å². The summed E-state index contributed by atoms with van der Waals surface area (Å²) in [5.41, 5.74) is -2.59. The van der Waals surface area contributed by atoms with Crippen LogP contribution in [0.2, 0.25) is 0 Å². The topological polar surface area (TPSA) is 164 Å². The Kier molecular flexibility index (Phi) is 9.14. The summed E-state index contributed by atoms with van der Waals surface area (Å²) in [6.07, 6.45) is -0.881. The van der Waals surface area contributed by atoms with E-state index in [9.17, 15) is 29.1 Å². The summed E-state index contributed by atoms with van der Waals surface area (Å²) in [4.78, 5) is 62.3. The summed E-state index contributed by atoms with van der Waals surface area (Å²) >= 11 is 0. The summed E-state index contributed by atoms with van der Waals surface area (Å²) in [6.45, 7) is 12.9. The molecule has 0 bridgehead atoms. The minimum absolute atomic E-state index is 0.110. The van der Waals surface area contributed by atoms with Gasteiger partial charge >= 0.3 is 29.8 Å². The maximum atomic E-state index is 13.1. The third-order valence-corrected chi connectivity index (χ3v) is 9.96. The molecule has 2 aliphatic carbocycles. The first kappa shape index (κ1) is 32.7.